The first kappa shape index (κ1) is 12.8. The zero-order valence-corrected chi connectivity index (χ0v) is 11.3. The average Bonchev–Trinajstić information content (AvgIpc) is 2.15. The molecule has 0 amide bonds. The smallest absolute Gasteiger partial charge is 0.325 e. The van der Waals surface area contributed by atoms with E-state index in [1.165, 1.54) is 0 Å². The molecule has 1 aromatic rings. The van der Waals surface area contributed by atoms with E-state index in [4.69, 9.17) is 21.4 Å². The first-order valence-electron chi connectivity index (χ1n) is 3.95. The van der Waals surface area contributed by atoms with Crippen LogP contribution in [0.3, 0.4) is 0 Å². The second-order valence-electron chi connectivity index (χ2n) is 2.69. The van der Waals surface area contributed by atoms with E-state index < -0.39 is 11.3 Å². The molecule has 1 N–H and O–H groups in total. The monoisotopic (exact) mass is 356 g/mol. The van der Waals surface area contributed by atoms with Crippen LogP contribution < -0.4 is 4.74 Å². The number of halogens is 3. The minimum absolute atomic E-state index is 0.0723. The van der Waals surface area contributed by atoms with E-state index in [0.29, 0.717) is 5.75 Å². The molecule has 0 aliphatic carbocycles. The Morgan fingerprint density at radius 2 is 2.20 bits per heavy atom. The van der Waals surface area contributed by atoms with Crippen molar-refractivity contribution in [3.8, 4) is 5.75 Å². The van der Waals surface area contributed by atoms with E-state index in [-0.39, 0.29) is 6.61 Å². The number of carboxylic acid groups (broad SMARTS) is 1. The quantitative estimate of drug-likeness (QED) is 0.841. The van der Waals surface area contributed by atoms with Gasteiger partial charge >= 0.3 is 5.97 Å². The second kappa shape index (κ2) is 5.72. The molecule has 6 heteroatoms. The number of aliphatic carboxylic acids is 1. The summed E-state index contributed by atoms with van der Waals surface area (Å²) in [7, 11) is 0. The summed E-state index contributed by atoms with van der Waals surface area (Å²) >= 11 is 12.1. The van der Waals surface area contributed by atoms with Gasteiger partial charge in [-0.2, -0.15) is 0 Å². The molecule has 82 valence electrons. The Bertz CT molecular complexity index is 370. The lowest BCUT2D eigenvalue weighted by atomic mass is 10.3. The zero-order chi connectivity index (χ0) is 11.4. The number of alkyl halides is 1. The molecule has 0 aromatic heterocycles. The highest BCUT2D eigenvalue weighted by Gasteiger charge is 2.14. The summed E-state index contributed by atoms with van der Waals surface area (Å²) in [6.45, 7) is -0.0723. The number of carboxylic acids is 1. The van der Waals surface area contributed by atoms with Crippen LogP contribution in [0.2, 0.25) is 0 Å². The standard InChI is InChI=1S/C9H7Br2ClO3/c10-5-1-2-8(6(11)3-5)15-4-7(12)9(13)14/h1-3,7H,4H2,(H,13,14). The lowest BCUT2D eigenvalue weighted by Gasteiger charge is -2.09. The van der Waals surface area contributed by atoms with Crippen LogP contribution in [0.5, 0.6) is 5.75 Å². The van der Waals surface area contributed by atoms with Gasteiger partial charge in [0.15, 0.2) is 5.38 Å². The Kier molecular flexibility index (Phi) is 4.89. The van der Waals surface area contributed by atoms with Crippen LogP contribution in [0.4, 0.5) is 0 Å². The molecule has 0 spiro atoms. The van der Waals surface area contributed by atoms with Crippen molar-refractivity contribution in [3.05, 3.63) is 27.1 Å². The molecule has 0 saturated heterocycles. The van der Waals surface area contributed by atoms with Crippen LogP contribution in [0.15, 0.2) is 27.1 Å². The summed E-state index contributed by atoms with van der Waals surface area (Å²) in [4.78, 5) is 10.4. The molecule has 1 atom stereocenters. The fourth-order valence-electron chi connectivity index (χ4n) is 0.826. The van der Waals surface area contributed by atoms with Crippen molar-refractivity contribution in [2.24, 2.45) is 0 Å². The summed E-state index contributed by atoms with van der Waals surface area (Å²) in [5, 5.41) is 7.50. The predicted molar refractivity (Wildman–Crippen MR) is 64.6 cm³/mol. The summed E-state index contributed by atoms with van der Waals surface area (Å²) in [6, 6.07) is 5.32. The molecule has 3 nitrogen and oxygen atoms in total. The first-order valence-corrected chi connectivity index (χ1v) is 5.97. The lowest BCUT2D eigenvalue weighted by Crippen LogP contribution is -2.21. The maximum Gasteiger partial charge on any atom is 0.325 e. The number of rotatable bonds is 4. The Balaban J connectivity index is 2.62. The second-order valence-corrected chi connectivity index (χ2v) is 4.99. The largest absolute Gasteiger partial charge is 0.490 e. The van der Waals surface area contributed by atoms with Gasteiger partial charge in [-0.1, -0.05) is 15.9 Å². The van der Waals surface area contributed by atoms with Gasteiger partial charge in [-0.25, -0.2) is 0 Å². The highest BCUT2D eigenvalue weighted by Crippen LogP contribution is 2.28. The Morgan fingerprint density at radius 3 is 2.73 bits per heavy atom. The Labute approximate surface area is 109 Å². The van der Waals surface area contributed by atoms with Crippen LogP contribution in [-0.4, -0.2) is 23.1 Å². The van der Waals surface area contributed by atoms with Crippen molar-refractivity contribution >= 4 is 49.4 Å². The first-order chi connectivity index (χ1) is 7.00. The molecule has 0 bridgehead atoms. The van der Waals surface area contributed by atoms with Crippen LogP contribution in [-0.2, 0) is 4.79 Å². The maximum absolute atomic E-state index is 10.4. The van der Waals surface area contributed by atoms with Crippen molar-refractivity contribution < 1.29 is 14.6 Å². The molecule has 0 saturated carbocycles. The van der Waals surface area contributed by atoms with E-state index in [0.717, 1.165) is 8.95 Å². The van der Waals surface area contributed by atoms with E-state index in [9.17, 15) is 4.79 Å². The van der Waals surface area contributed by atoms with E-state index >= 15 is 0 Å². The number of hydrogen-bond acceptors (Lipinski definition) is 2. The molecular weight excluding hydrogens is 351 g/mol. The van der Waals surface area contributed by atoms with Gasteiger partial charge < -0.3 is 9.84 Å². The Hall–Kier alpha value is -0.260. The van der Waals surface area contributed by atoms with Gasteiger partial charge in [-0.3, -0.25) is 4.79 Å². The van der Waals surface area contributed by atoms with Gasteiger partial charge in [0.2, 0.25) is 0 Å². The highest BCUT2D eigenvalue weighted by molar-refractivity contribution is 9.11. The molecule has 0 radical (unpaired) electrons. The third-order valence-electron chi connectivity index (χ3n) is 1.55. The average molecular weight is 358 g/mol. The van der Waals surface area contributed by atoms with Gasteiger partial charge in [0.1, 0.15) is 12.4 Å². The molecule has 0 fully saturated rings. The van der Waals surface area contributed by atoms with Crippen molar-refractivity contribution in [2.75, 3.05) is 6.61 Å². The van der Waals surface area contributed by atoms with E-state index in [1.807, 2.05) is 0 Å². The molecule has 1 unspecified atom stereocenters. The number of ether oxygens (including phenoxy) is 1. The molecule has 0 aliphatic heterocycles. The summed E-state index contributed by atoms with van der Waals surface area (Å²) in [5.74, 6) is -0.532. The number of hydrogen-bond donors (Lipinski definition) is 1. The van der Waals surface area contributed by atoms with Crippen LogP contribution in [0, 0.1) is 0 Å². The SMILES string of the molecule is O=C(O)C(Cl)COc1ccc(Br)cc1Br. The fraction of sp³-hybridized carbons (Fsp3) is 0.222. The predicted octanol–water partition coefficient (Wildman–Crippen LogP) is 3.28. The minimum atomic E-state index is -1.09. The molecule has 1 aromatic carbocycles. The van der Waals surface area contributed by atoms with Gasteiger partial charge in [0.25, 0.3) is 0 Å². The summed E-state index contributed by atoms with van der Waals surface area (Å²) < 4.78 is 6.88. The zero-order valence-electron chi connectivity index (χ0n) is 7.41. The number of carbonyl (C=O) groups is 1. The topological polar surface area (TPSA) is 46.5 Å². The molecule has 0 heterocycles. The number of benzene rings is 1. The molecule has 15 heavy (non-hydrogen) atoms. The normalized spacial score (nSPS) is 12.2. The molecule has 1 rings (SSSR count). The lowest BCUT2D eigenvalue weighted by molar-refractivity contribution is -0.137. The molecular formula is C9H7Br2ClO3. The summed E-state index contributed by atoms with van der Waals surface area (Å²) in [5.41, 5.74) is 0. The van der Waals surface area contributed by atoms with Crippen molar-refractivity contribution in [2.45, 2.75) is 5.38 Å². The highest BCUT2D eigenvalue weighted by atomic mass is 79.9. The minimum Gasteiger partial charge on any atom is -0.490 e. The van der Waals surface area contributed by atoms with Crippen LogP contribution in [0.25, 0.3) is 0 Å². The van der Waals surface area contributed by atoms with Gasteiger partial charge in [0, 0.05) is 4.47 Å². The third kappa shape index (κ3) is 4.01. The van der Waals surface area contributed by atoms with Crippen LogP contribution in [0.1, 0.15) is 0 Å². The van der Waals surface area contributed by atoms with E-state index in [1.54, 1.807) is 18.2 Å². The van der Waals surface area contributed by atoms with Gasteiger partial charge in [0.05, 0.1) is 4.47 Å². The maximum atomic E-state index is 10.4. The summed E-state index contributed by atoms with van der Waals surface area (Å²) in [6.07, 6.45) is 0. The van der Waals surface area contributed by atoms with Crippen LogP contribution >= 0.6 is 43.5 Å². The van der Waals surface area contributed by atoms with Crippen molar-refractivity contribution in [1.82, 2.24) is 0 Å². The molecule has 0 aliphatic rings. The Morgan fingerprint density at radius 1 is 1.53 bits per heavy atom. The van der Waals surface area contributed by atoms with E-state index in [2.05, 4.69) is 31.9 Å². The van der Waals surface area contributed by atoms with Gasteiger partial charge in [-0.15, -0.1) is 11.6 Å². The fourth-order valence-corrected chi connectivity index (χ4v) is 2.05. The van der Waals surface area contributed by atoms with Crippen molar-refractivity contribution in [1.29, 1.82) is 0 Å². The third-order valence-corrected chi connectivity index (χ3v) is 2.97. The van der Waals surface area contributed by atoms with Gasteiger partial charge in [-0.05, 0) is 34.1 Å². The van der Waals surface area contributed by atoms with Crippen molar-refractivity contribution in [3.63, 3.8) is 0 Å².